The number of likely N-dealkylation sites (N-methyl/N-ethyl adjacent to an activating group) is 1. The van der Waals surface area contributed by atoms with E-state index in [9.17, 15) is 9.59 Å². The maximum absolute atomic E-state index is 11.8. The van der Waals surface area contributed by atoms with Gasteiger partial charge in [-0.15, -0.1) is 0 Å². The van der Waals surface area contributed by atoms with Crippen molar-refractivity contribution in [3.05, 3.63) is 35.4 Å². The van der Waals surface area contributed by atoms with Gasteiger partial charge in [-0.05, 0) is 12.1 Å². The van der Waals surface area contributed by atoms with Gasteiger partial charge in [0.25, 0.3) is 5.91 Å². The molecule has 0 spiro atoms. The second-order valence-electron chi connectivity index (χ2n) is 3.36. The van der Waals surface area contributed by atoms with Crippen LogP contribution in [0.5, 0.6) is 0 Å². The first kappa shape index (κ1) is 13.7. The topological polar surface area (TPSA) is 78.4 Å². The Morgan fingerprint density at radius 3 is 2.72 bits per heavy atom. The number of aliphatic hydroxyl groups is 1. The molecule has 0 bridgehead atoms. The quantitative estimate of drug-likeness (QED) is 0.629. The Hall–Kier alpha value is -2.32. The maximum Gasteiger partial charge on any atom is 0.252 e. The zero-order valence-corrected chi connectivity index (χ0v) is 9.99. The molecule has 94 valence electrons. The molecular formula is C13H14N2O3. The van der Waals surface area contributed by atoms with E-state index in [1.54, 1.807) is 24.3 Å². The van der Waals surface area contributed by atoms with E-state index >= 15 is 0 Å². The highest BCUT2D eigenvalue weighted by molar-refractivity contribution is 5.98. The molecule has 0 aromatic heterocycles. The van der Waals surface area contributed by atoms with Crippen molar-refractivity contribution in [2.24, 2.45) is 0 Å². The molecule has 0 fully saturated rings. The average molecular weight is 246 g/mol. The van der Waals surface area contributed by atoms with Gasteiger partial charge in [0.1, 0.15) is 6.61 Å². The molecule has 5 heteroatoms. The van der Waals surface area contributed by atoms with E-state index < -0.39 is 0 Å². The van der Waals surface area contributed by atoms with Gasteiger partial charge < -0.3 is 15.7 Å². The van der Waals surface area contributed by atoms with Crippen LogP contribution in [0.25, 0.3) is 0 Å². The van der Waals surface area contributed by atoms with E-state index in [-0.39, 0.29) is 25.0 Å². The second-order valence-corrected chi connectivity index (χ2v) is 3.36. The van der Waals surface area contributed by atoms with E-state index in [0.29, 0.717) is 11.1 Å². The van der Waals surface area contributed by atoms with Crippen molar-refractivity contribution in [2.75, 3.05) is 20.2 Å². The Labute approximate surface area is 105 Å². The minimum absolute atomic E-state index is 0.0862. The fourth-order valence-corrected chi connectivity index (χ4v) is 1.27. The van der Waals surface area contributed by atoms with Crippen LogP contribution in [0.3, 0.4) is 0 Å². The summed E-state index contributed by atoms with van der Waals surface area (Å²) in [5, 5.41) is 13.5. The highest BCUT2D eigenvalue weighted by Gasteiger charge is 2.10. The highest BCUT2D eigenvalue weighted by Crippen LogP contribution is 2.06. The molecule has 0 aliphatic rings. The van der Waals surface area contributed by atoms with Gasteiger partial charge in [-0.25, -0.2) is 0 Å². The minimum atomic E-state index is -0.374. The van der Waals surface area contributed by atoms with Gasteiger partial charge in [-0.3, -0.25) is 9.59 Å². The van der Waals surface area contributed by atoms with Crippen LogP contribution in [0.15, 0.2) is 24.3 Å². The van der Waals surface area contributed by atoms with Crippen molar-refractivity contribution in [1.29, 1.82) is 0 Å². The predicted octanol–water partition coefficient (Wildman–Crippen LogP) is -0.494. The SMILES string of the molecule is CNC(=O)CNC(=O)c1ccccc1C#CCO. The molecule has 1 rings (SSSR count). The first-order valence-corrected chi connectivity index (χ1v) is 5.36. The number of amides is 2. The smallest absolute Gasteiger partial charge is 0.252 e. The number of hydrogen-bond donors (Lipinski definition) is 3. The fourth-order valence-electron chi connectivity index (χ4n) is 1.27. The summed E-state index contributed by atoms with van der Waals surface area (Å²) in [7, 11) is 1.50. The van der Waals surface area contributed by atoms with E-state index in [2.05, 4.69) is 22.5 Å². The first-order valence-electron chi connectivity index (χ1n) is 5.36. The minimum Gasteiger partial charge on any atom is -0.384 e. The largest absolute Gasteiger partial charge is 0.384 e. The van der Waals surface area contributed by atoms with Crippen molar-refractivity contribution in [3.63, 3.8) is 0 Å². The Balaban J connectivity index is 2.82. The van der Waals surface area contributed by atoms with E-state index in [1.807, 2.05) is 0 Å². The molecule has 0 aliphatic heterocycles. The third kappa shape index (κ3) is 3.92. The number of carbonyl (C=O) groups is 2. The summed E-state index contributed by atoms with van der Waals surface area (Å²) in [5.41, 5.74) is 0.892. The molecular weight excluding hydrogens is 232 g/mol. The average Bonchev–Trinajstić information content (AvgIpc) is 2.42. The van der Waals surface area contributed by atoms with Gasteiger partial charge >= 0.3 is 0 Å². The lowest BCUT2D eigenvalue weighted by molar-refractivity contribution is -0.119. The van der Waals surface area contributed by atoms with Gasteiger partial charge in [-0.1, -0.05) is 24.0 Å². The summed E-state index contributed by atoms with van der Waals surface area (Å²) in [6, 6.07) is 6.74. The van der Waals surface area contributed by atoms with Crippen LogP contribution in [-0.2, 0) is 4.79 Å². The molecule has 3 N–H and O–H groups in total. The monoisotopic (exact) mass is 246 g/mol. The van der Waals surface area contributed by atoms with Crippen molar-refractivity contribution in [1.82, 2.24) is 10.6 Å². The fraction of sp³-hybridized carbons (Fsp3) is 0.231. The van der Waals surface area contributed by atoms with Crippen LogP contribution in [0, 0.1) is 11.8 Å². The molecule has 0 radical (unpaired) electrons. The lowest BCUT2D eigenvalue weighted by Crippen LogP contribution is -2.35. The van der Waals surface area contributed by atoms with E-state index in [0.717, 1.165) is 0 Å². The van der Waals surface area contributed by atoms with Gasteiger partial charge in [0.05, 0.1) is 12.1 Å². The van der Waals surface area contributed by atoms with Crippen molar-refractivity contribution in [2.45, 2.75) is 0 Å². The summed E-state index contributed by atoms with van der Waals surface area (Å²) in [5.74, 6) is 4.52. The Morgan fingerprint density at radius 2 is 2.06 bits per heavy atom. The molecule has 0 aliphatic carbocycles. The molecule has 2 amide bonds. The number of aliphatic hydroxyl groups excluding tert-OH is 1. The summed E-state index contributed by atoms with van der Waals surface area (Å²) >= 11 is 0. The summed E-state index contributed by atoms with van der Waals surface area (Å²) < 4.78 is 0. The first-order chi connectivity index (χ1) is 8.69. The van der Waals surface area contributed by atoms with Crippen LogP contribution in [0.2, 0.25) is 0 Å². The molecule has 0 heterocycles. The molecule has 0 saturated heterocycles. The second kappa shape index (κ2) is 7.09. The van der Waals surface area contributed by atoms with Crippen molar-refractivity contribution in [3.8, 4) is 11.8 Å². The van der Waals surface area contributed by atoms with Gasteiger partial charge in [0.15, 0.2) is 0 Å². The lowest BCUT2D eigenvalue weighted by atomic mass is 10.1. The Kier molecular flexibility index (Phi) is 5.42. The van der Waals surface area contributed by atoms with Crippen LogP contribution >= 0.6 is 0 Å². The summed E-state index contributed by atoms with van der Waals surface area (Å²) in [6.07, 6.45) is 0. The molecule has 0 atom stereocenters. The standard InChI is InChI=1S/C13H14N2O3/c1-14-12(17)9-15-13(18)11-7-3-2-5-10(11)6-4-8-16/h2-3,5,7,16H,8-9H2,1H3,(H,14,17)(H,15,18). The molecule has 1 aromatic rings. The molecule has 18 heavy (non-hydrogen) atoms. The van der Waals surface area contributed by atoms with Crippen molar-refractivity contribution >= 4 is 11.8 Å². The number of carbonyl (C=O) groups excluding carboxylic acids is 2. The molecule has 0 unspecified atom stereocenters. The van der Waals surface area contributed by atoms with Gasteiger partial charge in [-0.2, -0.15) is 0 Å². The third-order valence-corrected chi connectivity index (χ3v) is 2.16. The normalized spacial score (nSPS) is 9.00. The number of nitrogens with one attached hydrogen (secondary N) is 2. The third-order valence-electron chi connectivity index (χ3n) is 2.16. The van der Waals surface area contributed by atoms with Crippen LogP contribution in [0.1, 0.15) is 15.9 Å². The number of hydrogen-bond acceptors (Lipinski definition) is 3. The molecule has 0 saturated carbocycles. The van der Waals surface area contributed by atoms with Gasteiger partial charge in [0, 0.05) is 12.6 Å². The van der Waals surface area contributed by atoms with E-state index in [4.69, 9.17) is 5.11 Å². The number of rotatable bonds is 3. The summed E-state index contributed by atoms with van der Waals surface area (Å²) in [6.45, 7) is -0.356. The zero-order valence-electron chi connectivity index (χ0n) is 9.99. The molecule has 1 aromatic carbocycles. The number of benzene rings is 1. The predicted molar refractivity (Wildman–Crippen MR) is 66.8 cm³/mol. The van der Waals surface area contributed by atoms with Crippen LogP contribution < -0.4 is 10.6 Å². The van der Waals surface area contributed by atoms with Crippen LogP contribution in [0.4, 0.5) is 0 Å². The van der Waals surface area contributed by atoms with Crippen LogP contribution in [-0.4, -0.2) is 37.1 Å². The summed E-state index contributed by atoms with van der Waals surface area (Å²) in [4.78, 5) is 22.8. The Morgan fingerprint density at radius 1 is 1.33 bits per heavy atom. The maximum atomic E-state index is 11.8. The van der Waals surface area contributed by atoms with Crippen molar-refractivity contribution < 1.29 is 14.7 Å². The highest BCUT2D eigenvalue weighted by atomic mass is 16.2. The Bertz CT molecular complexity index is 500. The zero-order chi connectivity index (χ0) is 13.4. The molecule has 5 nitrogen and oxygen atoms in total. The van der Waals surface area contributed by atoms with E-state index in [1.165, 1.54) is 7.05 Å². The lowest BCUT2D eigenvalue weighted by Gasteiger charge is -2.06. The van der Waals surface area contributed by atoms with Gasteiger partial charge in [0.2, 0.25) is 5.91 Å².